The number of hydrogen-bond acceptors (Lipinski definition) is 4. The van der Waals surface area contributed by atoms with Crippen LogP contribution in [-0.4, -0.2) is 43.7 Å². The van der Waals surface area contributed by atoms with Gasteiger partial charge in [-0.05, 0) is 31.0 Å². The van der Waals surface area contributed by atoms with E-state index in [0.717, 1.165) is 24.3 Å². The third kappa shape index (κ3) is 3.74. The second-order valence-electron chi connectivity index (χ2n) is 5.23. The van der Waals surface area contributed by atoms with Crippen molar-refractivity contribution in [3.63, 3.8) is 0 Å². The van der Waals surface area contributed by atoms with Gasteiger partial charge < -0.3 is 14.4 Å². The number of methoxy groups -OCH3 is 1. The number of carbonyl (C=O) groups is 1. The highest BCUT2D eigenvalue weighted by Crippen LogP contribution is 2.26. The van der Waals surface area contributed by atoms with Gasteiger partial charge in [-0.3, -0.25) is 10.1 Å². The molecule has 5 heteroatoms. The summed E-state index contributed by atoms with van der Waals surface area (Å²) < 4.78 is 10.7. The van der Waals surface area contributed by atoms with Crippen molar-refractivity contribution >= 4 is 5.91 Å². The van der Waals surface area contributed by atoms with E-state index in [1.54, 1.807) is 7.11 Å². The molecule has 1 heterocycles. The number of nitrogens with zero attached hydrogens (tertiary/aromatic N) is 1. The summed E-state index contributed by atoms with van der Waals surface area (Å²) >= 11 is 0. The van der Waals surface area contributed by atoms with E-state index >= 15 is 0 Å². The van der Waals surface area contributed by atoms with E-state index in [9.17, 15) is 4.79 Å². The maximum atomic E-state index is 12.2. The van der Waals surface area contributed by atoms with Crippen molar-refractivity contribution in [2.24, 2.45) is 0 Å². The fraction of sp³-hybridized carbons (Fsp3) is 0.562. The highest BCUT2D eigenvalue weighted by atomic mass is 16.5. The normalized spacial score (nSPS) is 21.9. The van der Waals surface area contributed by atoms with E-state index in [4.69, 9.17) is 9.47 Å². The molecule has 5 nitrogen and oxygen atoms in total. The van der Waals surface area contributed by atoms with E-state index in [1.807, 2.05) is 36.1 Å². The summed E-state index contributed by atoms with van der Waals surface area (Å²) in [4.78, 5) is 14.0. The van der Waals surface area contributed by atoms with E-state index < -0.39 is 0 Å². The standard InChI is InChI=1S/C16H24N2O3/c1-4-10-21-14-7-5-13(6-8-14)15-17-12(2)16(19)18(15)9-11-20-3/h5-8,12,15,17H,4,9-11H2,1-3H3. The Balaban J connectivity index is 2.09. The number of benzene rings is 1. The summed E-state index contributed by atoms with van der Waals surface area (Å²) in [6, 6.07) is 7.76. The maximum absolute atomic E-state index is 12.2. The largest absolute Gasteiger partial charge is 0.494 e. The molecule has 2 unspecified atom stereocenters. The molecular formula is C16H24N2O3. The van der Waals surface area contributed by atoms with Gasteiger partial charge in [-0.15, -0.1) is 0 Å². The molecule has 1 fully saturated rings. The third-order valence-corrected chi connectivity index (χ3v) is 3.58. The monoisotopic (exact) mass is 292 g/mol. The lowest BCUT2D eigenvalue weighted by atomic mass is 10.1. The Labute approximate surface area is 126 Å². The van der Waals surface area contributed by atoms with Crippen molar-refractivity contribution in [2.75, 3.05) is 26.9 Å². The Morgan fingerprint density at radius 2 is 1.95 bits per heavy atom. The minimum atomic E-state index is -0.164. The lowest BCUT2D eigenvalue weighted by Crippen LogP contribution is -2.33. The molecule has 1 aromatic rings. The molecular weight excluding hydrogens is 268 g/mol. The summed E-state index contributed by atoms with van der Waals surface area (Å²) in [7, 11) is 1.65. The van der Waals surface area contributed by atoms with Gasteiger partial charge in [-0.25, -0.2) is 0 Å². The van der Waals surface area contributed by atoms with Gasteiger partial charge >= 0.3 is 0 Å². The molecule has 1 aliphatic rings. The summed E-state index contributed by atoms with van der Waals surface area (Å²) in [6.07, 6.45) is 0.894. The van der Waals surface area contributed by atoms with Gasteiger partial charge in [0.1, 0.15) is 11.9 Å². The first-order valence-electron chi connectivity index (χ1n) is 7.45. The number of amides is 1. The van der Waals surface area contributed by atoms with Crippen LogP contribution in [0.25, 0.3) is 0 Å². The highest BCUT2D eigenvalue weighted by molar-refractivity contribution is 5.84. The molecule has 2 rings (SSSR count). The Hall–Kier alpha value is -1.59. The minimum absolute atomic E-state index is 0.0946. The molecule has 0 radical (unpaired) electrons. The Kier molecular flexibility index (Phi) is 5.59. The van der Waals surface area contributed by atoms with Crippen LogP contribution in [0, 0.1) is 0 Å². The zero-order valence-corrected chi connectivity index (χ0v) is 13.0. The molecule has 1 aromatic carbocycles. The van der Waals surface area contributed by atoms with Crippen LogP contribution in [-0.2, 0) is 9.53 Å². The molecule has 1 N–H and O–H groups in total. The van der Waals surface area contributed by atoms with Gasteiger partial charge in [-0.1, -0.05) is 19.1 Å². The Morgan fingerprint density at radius 1 is 1.24 bits per heavy atom. The zero-order chi connectivity index (χ0) is 15.2. The minimum Gasteiger partial charge on any atom is -0.494 e. The van der Waals surface area contributed by atoms with Crippen LogP contribution in [0.15, 0.2) is 24.3 Å². The van der Waals surface area contributed by atoms with Crippen LogP contribution in [0.2, 0.25) is 0 Å². The number of nitrogens with one attached hydrogen (secondary N) is 1. The van der Waals surface area contributed by atoms with Crippen molar-refractivity contribution < 1.29 is 14.3 Å². The molecule has 1 amide bonds. The van der Waals surface area contributed by atoms with Gasteiger partial charge in [0.15, 0.2) is 0 Å². The van der Waals surface area contributed by atoms with Gasteiger partial charge in [0.2, 0.25) is 5.91 Å². The summed E-state index contributed by atoms with van der Waals surface area (Å²) in [5.74, 6) is 0.977. The number of carbonyl (C=O) groups excluding carboxylic acids is 1. The van der Waals surface area contributed by atoms with Crippen LogP contribution >= 0.6 is 0 Å². The third-order valence-electron chi connectivity index (χ3n) is 3.58. The fourth-order valence-corrected chi connectivity index (χ4v) is 2.45. The number of rotatable bonds is 7. The number of hydrogen-bond donors (Lipinski definition) is 1. The molecule has 116 valence electrons. The molecule has 0 spiro atoms. The molecule has 21 heavy (non-hydrogen) atoms. The summed E-state index contributed by atoms with van der Waals surface area (Å²) in [5, 5.41) is 3.32. The van der Waals surface area contributed by atoms with E-state index in [0.29, 0.717) is 13.2 Å². The number of ether oxygens (including phenoxy) is 2. The van der Waals surface area contributed by atoms with Crippen LogP contribution < -0.4 is 10.1 Å². The molecule has 0 saturated carbocycles. The summed E-state index contributed by atoms with van der Waals surface area (Å²) in [5.41, 5.74) is 1.06. The van der Waals surface area contributed by atoms with Crippen molar-refractivity contribution in [1.82, 2.24) is 10.2 Å². The van der Waals surface area contributed by atoms with E-state index in [2.05, 4.69) is 12.2 Å². The smallest absolute Gasteiger partial charge is 0.241 e. The van der Waals surface area contributed by atoms with Gasteiger partial charge in [-0.2, -0.15) is 0 Å². The highest BCUT2D eigenvalue weighted by Gasteiger charge is 2.36. The molecule has 0 aromatic heterocycles. The quantitative estimate of drug-likeness (QED) is 0.834. The first-order chi connectivity index (χ1) is 10.2. The first-order valence-corrected chi connectivity index (χ1v) is 7.45. The van der Waals surface area contributed by atoms with Gasteiger partial charge in [0.25, 0.3) is 0 Å². The Morgan fingerprint density at radius 3 is 2.57 bits per heavy atom. The second-order valence-corrected chi connectivity index (χ2v) is 5.23. The topological polar surface area (TPSA) is 50.8 Å². The van der Waals surface area contributed by atoms with Crippen LogP contribution in [0.1, 0.15) is 32.0 Å². The average Bonchev–Trinajstić information content (AvgIpc) is 2.79. The molecule has 2 atom stereocenters. The Bertz CT molecular complexity index is 461. The van der Waals surface area contributed by atoms with Crippen LogP contribution in [0.4, 0.5) is 0 Å². The lowest BCUT2D eigenvalue weighted by molar-refractivity contribution is -0.130. The fourth-order valence-electron chi connectivity index (χ4n) is 2.45. The lowest BCUT2D eigenvalue weighted by Gasteiger charge is -2.24. The van der Waals surface area contributed by atoms with Crippen molar-refractivity contribution in [3.8, 4) is 5.75 Å². The predicted molar refractivity (Wildman–Crippen MR) is 81.2 cm³/mol. The van der Waals surface area contributed by atoms with Crippen LogP contribution in [0.5, 0.6) is 5.75 Å². The van der Waals surface area contributed by atoms with Gasteiger partial charge in [0.05, 0.1) is 19.3 Å². The first kappa shape index (κ1) is 15.8. The molecule has 0 bridgehead atoms. The van der Waals surface area contributed by atoms with Crippen molar-refractivity contribution in [2.45, 2.75) is 32.5 Å². The van der Waals surface area contributed by atoms with Gasteiger partial charge in [0, 0.05) is 13.7 Å². The maximum Gasteiger partial charge on any atom is 0.241 e. The van der Waals surface area contributed by atoms with Crippen molar-refractivity contribution in [3.05, 3.63) is 29.8 Å². The van der Waals surface area contributed by atoms with Crippen LogP contribution in [0.3, 0.4) is 0 Å². The molecule has 0 aliphatic carbocycles. The average molecular weight is 292 g/mol. The van der Waals surface area contributed by atoms with Crippen molar-refractivity contribution in [1.29, 1.82) is 0 Å². The molecule has 1 saturated heterocycles. The predicted octanol–water partition coefficient (Wildman–Crippen LogP) is 1.94. The van der Waals surface area contributed by atoms with E-state index in [1.165, 1.54) is 0 Å². The SMILES string of the molecule is CCCOc1ccc(C2NC(C)C(=O)N2CCOC)cc1. The zero-order valence-electron chi connectivity index (χ0n) is 13.0. The summed E-state index contributed by atoms with van der Waals surface area (Å²) in [6.45, 7) is 5.81. The van der Waals surface area contributed by atoms with E-state index in [-0.39, 0.29) is 18.1 Å². The second kappa shape index (κ2) is 7.43. The molecule has 1 aliphatic heterocycles.